The number of alkyl halides is 3. The minimum absolute atomic E-state index is 0.00230. The van der Waals surface area contributed by atoms with Gasteiger partial charge in [0.15, 0.2) is 0 Å². The lowest BCUT2D eigenvalue weighted by atomic mass is 10.2. The van der Waals surface area contributed by atoms with Gasteiger partial charge in [0.25, 0.3) is 0 Å². The second kappa shape index (κ2) is 15.3. The van der Waals surface area contributed by atoms with Crippen molar-refractivity contribution in [3.8, 4) is 11.5 Å². The molecule has 2 aliphatic heterocycles. The van der Waals surface area contributed by atoms with Gasteiger partial charge in [-0.2, -0.15) is 18.2 Å². The highest BCUT2D eigenvalue weighted by molar-refractivity contribution is 5.75. The number of benzene rings is 2. The Kier molecular flexibility index (Phi) is 10.9. The molecule has 4 N–H and O–H groups in total. The van der Waals surface area contributed by atoms with Crippen LogP contribution in [0.5, 0.6) is 11.5 Å². The maximum Gasteiger partial charge on any atom is 0.421 e. The summed E-state index contributed by atoms with van der Waals surface area (Å²) < 4.78 is 53.4. The molecular weight excluding hydrogens is 631 g/mol. The van der Waals surface area contributed by atoms with Crippen LogP contribution in [-0.2, 0) is 11.0 Å². The first-order chi connectivity index (χ1) is 23.0. The van der Waals surface area contributed by atoms with E-state index in [2.05, 4.69) is 36.1 Å². The number of amides is 3. The molecule has 0 aliphatic carbocycles. The van der Waals surface area contributed by atoms with Crippen molar-refractivity contribution in [1.29, 1.82) is 0 Å². The van der Waals surface area contributed by atoms with Crippen LogP contribution in [0.2, 0.25) is 0 Å². The third-order valence-corrected chi connectivity index (χ3v) is 8.05. The topological polar surface area (TPSA) is 136 Å². The van der Waals surface area contributed by atoms with Crippen molar-refractivity contribution in [1.82, 2.24) is 30.4 Å². The van der Waals surface area contributed by atoms with Crippen LogP contribution in [-0.4, -0.2) is 104 Å². The number of hydrogen-bond donors (Lipinski definition) is 4. The molecule has 1 aromatic heterocycles. The highest BCUT2D eigenvalue weighted by Crippen LogP contribution is 2.38. The van der Waals surface area contributed by atoms with Crippen molar-refractivity contribution >= 4 is 40.8 Å². The van der Waals surface area contributed by atoms with E-state index in [0.29, 0.717) is 76.2 Å². The number of methoxy groups -OCH3 is 1. The summed E-state index contributed by atoms with van der Waals surface area (Å²) in [6.45, 7) is 8.51. The van der Waals surface area contributed by atoms with Crippen molar-refractivity contribution in [3.05, 3.63) is 54.2 Å². The van der Waals surface area contributed by atoms with E-state index in [-0.39, 0.29) is 29.6 Å². The van der Waals surface area contributed by atoms with Gasteiger partial charge in [-0.1, -0.05) is 0 Å². The number of piperazine rings is 2. The van der Waals surface area contributed by atoms with E-state index in [0.717, 1.165) is 11.9 Å². The van der Waals surface area contributed by atoms with Crippen molar-refractivity contribution in [3.63, 3.8) is 0 Å². The first-order valence-electron chi connectivity index (χ1n) is 15.7. The molecule has 2 aromatic carbocycles. The molecule has 2 aliphatic rings. The van der Waals surface area contributed by atoms with Crippen LogP contribution in [0.3, 0.4) is 0 Å². The monoisotopic (exact) mass is 671 g/mol. The van der Waals surface area contributed by atoms with E-state index in [9.17, 15) is 22.8 Å². The predicted octanol–water partition coefficient (Wildman–Crippen LogP) is 4.04. The fourth-order valence-electron chi connectivity index (χ4n) is 5.47. The largest absolute Gasteiger partial charge is 0.494 e. The molecule has 3 amide bonds. The summed E-state index contributed by atoms with van der Waals surface area (Å²) in [6, 6.07) is 11.9. The molecule has 2 fully saturated rings. The average Bonchev–Trinajstić information content (AvgIpc) is 3.08. The lowest BCUT2D eigenvalue weighted by Gasteiger charge is -2.36. The van der Waals surface area contributed by atoms with Crippen molar-refractivity contribution < 1.29 is 32.2 Å². The lowest BCUT2D eigenvalue weighted by Crippen LogP contribution is -2.54. The second-order valence-corrected chi connectivity index (χ2v) is 11.3. The van der Waals surface area contributed by atoms with Crippen molar-refractivity contribution in [2.24, 2.45) is 0 Å². The molecule has 0 radical (unpaired) electrons. The zero-order chi connectivity index (χ0) is 34.3. The van der Waals surface area contributed by atoms with Crippen molar-refractivity contribution in [2.75, 3.05) is 81.6 Å². The van der Waals surface area contributed by atoms with Gasteiger partial charge in [-0.05, 0) is 43.3 Å². The fraction of sp³-hybridized carbons (Fsp3) is 0.438. The Hall–Kier alpha value is -4.99. The summed E-state index contributed by atoms with van der Waals surface area (Å²) in [6.07, 6.45) is -3.99. The van der Waals surface area contributed by atoms with E-state index >= 15 is 0 Å². The SMILES string of the molecule is CCNC(=O)N1CCN(c2ccc(Nc3nc(Nc4ccc(OCC5CN(C(C)=O)CCN5)cc4)ncc3C(F)(F)F)c(OC)c2)CC1. The van der Waals surface area contributed by atoms with Gasteiger partial charge < -0.3 is 45.4 Å². The zero-order valence-corrected chi connectivity index (χ0v) is 27.1. The third-order valence-electron chi connectivity index (χ3n) is 8.05. The van der Waals surface area contributed by atoms with Gasteiger partial charge in [0.2, 0.25) is 11.9 Å². The van der Waals surface area contributed by atoms with Gasteiger partial charge in [0.1, 0.15) is 29.5 Å². The molecule has 1 unspecified atom stereocenters. The molecule has 5 rings (SSSR count). The van der Waals surface area contributed by atoms with E-state index in [4.69, 9.17) is 9.47 Å². The molecule has 3 heterocycles. The van der Waals surface area contributed by atoms with Crippen LogP contribution in [0.25, 0.3) is 0 Å². The number of hydrogen-bond acceptors (Lipinski definition) is 10. The van der Waals surface area contributed by atoms with Crippen LogP contribution in [0.1, 0.15) is 19.4 Å². The van der Waals surface area contributed by atoms with Gasteiger partial charge in [0.05, 0.1) is 18.8 Å². The number of nitrogens with zero attached hydrogens (tertiary/aromatic N) is 5. The number of nitrogens with one attached hydrogen (secondary N) is 4. The number of anilines is 5. The minimum Gasteiger partial charge on any atom is -0.494 e. The lowest BCUT2D eigenvalue weighted by molar-refractivity contribution is -0.137. The Morgan fingerprint density at radius 3 is 2.44 bits per heavy atom. The summed E-state index contributed by atoms with van der Waals surface area (Å²) in [4.78, 5) is 37.5. The summed E-state index contributed by atoms with van der Waals surface area (Å²) in [7, 11) is 1.44. The predicted molar refractivity (Wildman–Crippen MR) is 175 cm³/mol. The van der Waals surface area contributed by atoms with E-state index in [1.54, 1.807) is 59.2 Å². The van der Waals surface area contributed by atoms with E-state index < -0.39 is 17.6 Å². The van der Waals surface area contributed by atoms with Crippen LogP contribution < -0.4 is 35.6 Å². The number of halogens is 3. The Morgan fingerprint density at radius 2 is 1.77 bits per heavy atom. The van der Waals surface area contributed by atoms with Gasteiger partial charge in [-0.25, -0.2) is 9.78 Å². The molecule has 258 valence electrons. The molecule has 0 spiro atoms. The van der Waals surface area contributed by atoms with E-state index in [1.807, 2.05) is 6.92 Å². The number of urea groups is 1. The Balaban J connectivity index is 1.25. The number of ether oxygens (including phenoxy) is 2. The molecule has 48 heavy (non-hydrogen) atoms. The molecule has 2 saturated heterocycles. The van der Waals surface area contributed by atoms with Gasteiger partial charge in [-0.3, -0.25) is 4.79 Å². The maximum atomic E-state index is 14.0. The quantitative estimate of drug-likeness (QED) is 0.250. The Morgan fingerprint density at radius 1 is 1.02 bits per heavy atom. The first-order valence-corrected chi connectivity index (χ1v) is 15.7. The van der Waals surface area contributed by atoms with Gasteiger partial charge >= 0.3 is 12.2 Å². The van der Waals surface area contributed by atoms with Gasteiger partial charge in [0, 0.05) is 82.9 Å². The summed E-state index contributed by atoms with van der Waals surface area (Å²) >= 11 is 0. The zero-order valence-electron chi connectivity index (χ0n) is 27.1. The minimum atomic E-state index is -4.72. The second-order valence-electron chi connectivity index (χ2n) is 11.3. The highest BCUT2D eigenvalue weighted by Gasteiger charge is 2.36. The molecule has 3 aromatic rings. The fourth-order valence-corrected chi connectivity index (χ4v) is 5.47. The Bertz CT molecular complexity index is 1570. The normalized spacial score (nSPS) is 16.7. The molecule has 1 atom stereocenters. The number of carbonyl (C=O) groups excluding carboxylic acids is 2. The summed E-state index contributed by atoms with van der Waals surface area (Å²) in [5.74, 6) is 0.459. The Labute approximate surface area is 276 Å². The molecular formula is C32H40F3N9O4. The molecule has 0 saturated carbocycles. The van der Waals surface area contributed by atoms with Crippen LogP contribution in [0, 0.1) is 0 Å². The van der Waals surface area contributed by atoms with Gasteiger partial charge in [-0.15, -0.1) is 0 Å². The summed E-state index contributed by atoms with van der Waals surface area (Å²) in [5.41, 5.74) is 0.608. The molecule has 16 heteroatoms. The standard InChI is InChI=1S/C32H40F3N9O4/c1-4-36-31(46)43-15-13-42(14-16-43)24-7-10-27(28(17-24)47-3)40-29-26(32(33,34)35)18-38-30(41-29)39-22-5-8-25(9-6-22)48-20-23-19-44(21(2)45)12-11-37-23/h5-10,17-18,23,37H,4,11-16,19-20H2,1-3H3,(H,36,46)(H2,38,39,40,41). The number of rotatable bonds is 10. The number of carbonyl (C=O) groups is 2. The number of aromatic nitrogens is 2. The van der Waals surface area contributed by atoms with Crippen LogP contribution in [0.4, 0.5) is 46.8 Å². The van der Waals surface area contributed by atoms with Crippen LogP contribution in [0.15, 0.2) is 48.7 Å². The first kappa shape index (κ1) is 34.3. The average molecular weight is 672 g/mol. The third kappa shape index (κ3) is 8.67. The molecule has 13 nitrogen and oxygen atoms in total. The maximum absolute atomic E-state index is 14.0. The van der Waals surface area contributed by atoms with Crippen molar-refractivity contribution in [2.45, 2.75) is 26.1 Å². The molecule has 0 bridgehead atoms. The van der Waals surface area contributed by atoms with Crippen LogP contribution >= 0.6 is 0 Å². The summed E-state index contributed by atoms with van der Waals surface area (Å²) in [5, 5.41) is 11.9. The van der Waals surface area contributed by atoms with E-state index in [1.165, 1.54) is 7.11 Å². The smallest absolute Gasteiger partial charge is 0.421 e. The highest BCUT2D eigenvalue weighted by atomic mass is 19.4.